The predicted molar refractivity (Wildman–Crippen MR) is 116 cm³/mol. The molecular formula is C24H29NO5. The third-order valence-corrected chi connectivity index (χ3v) is 4.57. The highest BCUT2D eigenvalue weighted by Gasteiger charge is 2.14. The van der Waals surface area contributed by atoms with Crippen LogP contribution in [0.1, 0.15) is 54.6 Å². The van der Waals surface area contributed by atoms with Gasteiger partial charge in [-0.3, -0.25) is 14.4 Å². The third-order valence-electron chi connectivity index (χ3n) is 4.57. The maximum atomic E-state index is 12.2. The molecule has 160 valence electrons. The standard InChI is InChI=1S/C24H29NO5/c1-4-15-29-20-11-9-19(10-12-20)21(26)13-14-23(28)30-16-22(27)25-24-17(3)7-6-8-18(24)5-2/h6-12H,4-5,13-16H2,1-3H3,(H,25,27). The number of esters is 1. The van der Waals surface area contributed by atoms with Crippen LogP contribution in [0.15, 0.2) is 42.5 Å². The first-order valence-electron chi connectivity index (χ1n) is 10.2. The highest BCUT2D eigenvalue weighted by Crippen LogP contribution is 2.21. The van der Waals surface area contributed by atoms with Gasteiger partial charge in [0.05, 0.1) is 13.0 Å². The predicted octanol–water partition coefficient (Wildman–Crippen LogP) is 4.49. The zero-order chi connectivity index (χ0) is 21.9. The summed E-state index contributed by atoms with van der Waals surface area (Å²) in [6, 6.07) is 12.6. The van der Waals surface area contributed by atoms with E-state index in [1.807, 2.05) is 39.0 Å². The molecule has 0 atom stereocenters. The lowest BCUT2D eigenvalue weighted by Gasteiger charge is -2.13. The van der Waals surface area contributed by atoms with Crippen molar-refractivity contribution in [3.8, 4) is 5.75 Å². The first-order chi connectivity index (χ1) is 14.4. The van der Waals surface area contributed by atoms with E-state index in [2.05, 4.69) is 5.32 Å². The van der Waals surface area contributed by atoms with E-state index in [9.17, 15) is 14.4 Å². The Kier molecular flexibility index (Phi) is 9.06. The molecular weight excluding hydrogens is 382 g/mol. The van der Waals surface area contributed by atoms with Gasteiger partial charge in [-0.25, -0.2) is 0 Å². The second kappa shape index (κ2) is 11.8. The molecule has 0 spiro atoms. The van der Waals surface area contributed by atoms with Gasteiger partial charge in [-0.15, -0.1) is 0 Å². The number of Topliss-reactive ketones (excluding diaryl/α,β-unsaturated/α-hetero) is 1. The van der Waals surface area contributed by atoms with E-state index in [-0.39, 0.29) is 25.2 Å². The normalized spacial score (nSPS) is 10.4. The highest BCUT2D eigenvalue weighted by molar-refractivity contribution is 5.98. The van der Waals surface area contributed by atoms with Gasteiger partial charge in [0.2, 0.25) is 0 Å². The monoisotopic (exact) mass is 411 g/mol. The molecule has 6 heteroatoms. The lowest BCUT2D eigenvalue weighted by Crippen LogP contribution is -2.22. The van der Waals surface area contributed by atoms with Crippen LogP contribution in [0.4, 0.5) is 5.69 Å². The van der Waals surface area contributed by atoms with Crippen molar-refractivity contribution in [2.75, 3.05) is 18.5 Å². The molecule has 0 aliphatic heterocycles. The number of hydrogen-bond acceptors (Lipinski definition) is 5. The minimum atomic E-state index is -0.582. The number of anilines is 1. The van der Waals surface area contributed by atoms with Crippen molar-refractivity contribution < 1.29 is 23.9 Å². The van der Waals surface area contributed by atoms with Crippen LogP contribution >= 0.6 is 0 Å². The summed E-state index contributed by atoms with van der Waals surface area (Å²) in [6.45, 7) is 6.18. The number of hydrogen-bond donors (Lipinski definition) is 1. The number of para-hydroxylation sites is 1. The third kappa shape index (κ3) is 7.03. The zero-order valence-corrected chi connectivity index (χ0v) is 17.8. The summed E-state index contributed by atoms with van der Waals surface area (Å²) in [5.74, 6) is -0.437. The molecule has 2 rings (SSSR count). The smallest absolute Gasteiger partial charge is 0.306 e. The lowest BCUT2D eigenvalue weighted by atomic mass is 10.1. The molecule has 0 saturated heterocycles. The van der Waals surface area contributed by atoms with Crippen LogP contribution < -0.4 is 10.1 Å². The molecule has 0 unspecified atom stereocenters. The molecule has 0 saturated carbocycles. The lowest BCUT2D eigenvalue weighted by molar-refractivity contribution is -0.147. The molecule has 1 amide bonds. The topological polar surface area (TPSA) is 81.7 Å². The van der Waals surface area contributed by atoms with Gasteiger partial charge >= 0.3 is 5.97 Å². The molecule has 0 fully saturated rings. The van der Waals surface area contributed by atoms with Crippen LogP contribution in [0.2, 0.25) is 0 Å². The van der Waals surface area contributed by atoms with E-state index in [0.717, 1.165) is 29.7 Å². The maximum Gasteiger partial charge on any atom is 0.306 e. The maximum absolute atomic E-state index is 12.2. The van der Waals surface area contributed by atoms with Gasteiger partial charge in [0.25, 0.3) is 5.91 Å². The second-order valence-corrected chi connectivity index (χ2v) is 6.97. The highest BCUT2D eigenvalue weighted by atomic mass is 16.5. The Morgan fingerprint density at radius 2 is 1.70 bits per heavy atom. The van der Waals surface area contributed by atoms with Crippen molar-refractivity contribution in [3.63, 3.8) is 0 Å². The quantitative estimate of drug-likeness (QED) is 0.435. The summed E-state index contributed by atoms with van der Waals surface area (Å²) in [4.78, 5) is 36.3. The van der Waals surface area contributed by atoms with Crippen LogP contribution in [0.25, 0.3) is 0 Å². The van der Waals surface area contributed by atoms with Crippen molar-refractivity contribution in [2.45, 2.75) is 46.5 Å². The van der Waals surface area contributed by atoms with E-state index >= 15 is 0 Å². The first kappa shape index (κ1) is 23.1. The number of benzene rings is 2. The molecule has 0 heterocycles. The van der Waals surface area contributed by atoms with Crippen molar-refractivity contribution >= 4 is 23.3 Å². The number of rotatable bonds is 11. The van der Waals surface area contributed by atoms with Gasteiger partial charge in [0, 0.05) is 17.7 Å². The Morgan fingerprint density at radius 1 is 0.967 bits per heavy atom. The summed E-state index contributed by atoms with van der Waals surface area (Å²) < 4.78 is 10.5. The van der Waals surface area contributed by atoms with Crippen LogP contribution in [0, 0.1) is 6.92 Å². The summed E-state index contributed by atoms with van der Waals surface area (Å²) in [7, 11) is 0. The summed E-state index contributed by atoms with van der Waals surface area (Å²) >= 11 is 0. The van der Waals surface area contributed by atoms with Gasteiger partial charge in [-0.2, -0.15) is 0 Å². The van der Waals surface area contributed by atoms with E-state index in [0.29, 0.717) is 17.9 Å². The van der Waals surface area contributed by atoms with Crippen molar-refractivity contribution in [3.05, 3.63) is 59.2 Å². The molecule has 0 aromatic heterocycles. The van der Waals surface area contributed by atoms with Gasteiger partial charge < -0.3 is 14.8 Å². The first-order valence-corrected chi connectivity index (χ1v) is 10.2. The van der Waals surface area contributed by atoms with Crippen molar-refractivity contribution in [1.29, 1.82) is 0 Å². The van der Waals surface area contributed by atoms with Crippen molar-refractivity contribution in [2.24, 2.45) is 0 Å². The average molecular weight is 411 g/mol. The van der Waals surface area contributed by atoms with Crippen LogP contribution in [0.5, 0.6) is 5.75 Å². The Hall–Kier alpha value is -3.15. The molecule has 30 heavy (non-hydrogen) atoms. The number of nitrogens with one attached hydrogen (secondary N) is 1. The van der Waals surface area contributed by atoms with E-state index in [1.54, 1.807) is 24.3 Å². The molecule has 0 aliphatic rings. The fraction of sp³-hybridized carbons (Fsp3) is 0.375. The average Bonchev–Trinajstić information content (AvgIpc) is 2.76. The number of ketones is 1. The number of carbonyl (C=O) groups excluding carboxylic acids is 3. The van der Waals surface area contributed by atoms with Gasteiger partial charge in [-0.1, -0.05) is 32.0 Å². The van der Waals surface area contributed by atoms with E-state index in [4.69, 9.17) is 9.47 Å². The van der Waals surface area contributed by atoms with Crippen LogP contribution in [-0.2, 0) is 20.7 Å². The Labute approximate surface area is 177 Å². The number of ether oxygens (including phenoxy) is 2. The van der Waals surface area contributed by atoms with Gasteiger partial charge in [-0.05, 0) is 55.2 Å². The minimum Gasteiger partial charge on any atom is -0.494 e. The molecule has 0 bridgehead atoms. The molecule has 0 radical (unpaired) electrons. The van der Waals surface area contributed by atoms with Gasteiger partial charge in [0.15, 0.2) is 12.4 Å². The molecule has 1 N–H and O–H groups in total. The number of carbonyl (C=O) groups is 3. The molecule has 6 nitrogen and oxygen atoms in total. The van der Waals surface area contributed by atoms with E-state index in [1.165, 1.54) is 0 Å². The largest absolute Gasteiger partial charge is 0.494 e. The molecule has 2 aromatic rings. The Morgan fingerprint density at radius 3 is 2.37 bits per heavy atom. The summed E-state index contributed by atoms with van der Waals surface area (Å²) in [6.07, 6.45) is 1.63. The number of aryl methyl sites for hydroxylation is 2. The SMILES string of the molecule is CCCOc1ccc(C(=O)CCC(=O)OCC(=O)Nc2c(C)cccc2CC)cc1. The second-order valence-electron chi connectivity index (χ2n) is 6.97. The van der Waals surface area contributed by atoms with Crippen LogP contribution in [-0.4, -0.2) is 30.9 Å². The zero-order valence-electron chi connectivity index (χ0n) is 17.8. The minimum absolute atomic E-state index is 0.0212. The summed E-state index contributed by atoms with van der Waals surface area (Å²) in [5, 5.41) is 2.80. The van der Waals surface area contributed by atoms with E-state index < -0.39 is 11.9 Å². The molecule has 2 aromatic carbocycles. The van der Waals surface area contributed by atoms with Crippen molar-refractivity contribution in [1.82, 2.24) is 0 Å². The van der Waals surface area contributed by atoms with Gasteiger partial charge in [0.1, 0.15) is 5.75 Å². The Balaban J connectivity index is 1.77. The summed E-state index contributed by atoms with van der Waals surface area (Å²) in [5.41, 5.74) is 3.23. The number of amides is 1. The molecule has 0 aliphatic carbocycles. The fourth-order valence-corrected chi connectivity index (χ4v) is 2.91. The fourth-order valence-electron chi connectivity index (χ4n) is 2.91. The Bertz CT molecular complexity index is 874. The van der Waals surface area contributed by atoms with Crippen LogP contribution in [0.3, 0.4) is 0 Å².